The molecule has 7 heteroatoms. The predicted molar refractivity (Wildman–Crippen MR) is 100.0 cm³/mol. The lowest BCUT2D eigenvalue weighted by atomic mass is 9.96. The minimum atomic E-state index is -1.24. The molecule has 2 rings (SSSR count). The maximum atomic E-state index is 12.6. The lowest BCUT2D eigenvalue weighted by Crippen LogP contribution is -2.50. The van der Waals surface area contributed by atoms with Gasteiger partial charge in [0.2, 0.25) is 5.91 Å². The zero-order valence-corrected chi connectivity index (χ0v) is 16.5. The third-order valence-electron chi connectivity index (χ3n) is 4.26. The fraction of sp³-hybridized carbons (Fsp3) is 0.579. The van der Waals surface area contributed by atoms with Crippen LogP contribution in [0.2, 0.25) is 5.02 Å². The summed E-state index contributed by atoms with van der Waals surface area (Å²) in [6.45, 7) is 7.52. The average molecular weight is 383 g/mol. The number of rotatable bonds is 4. The summed E-state index contributed by atoms with van der Waals surface area (Å²) in [7, 11) is 0. The Labute approximate surface area is 159 Å². The molecule has 1 aromatic rings. The van der Waals surface area contributed by atoms with Crippen molar-refractivity contribution in [3.8, 4) is 0 Å². The molecule has 0 radical (unpaired) electrons. The molecule has 1 aliphatic rings. The van der Waals surface area contributed by atoms with Crippen molar-refractivity contribution in [2.45, 2.75) is 57.8 Å². The van der Waals surface area contributed by atoms with Crippen LogP contribution in [0.25, 0.3) is 0 Å². The van der Waals surface area contributed by atoms with Gasteiger partial charge in [0.05, 0.1) is 6.54 Å². The fourth-order valence-corrected chi connectivity index (χ4v) is 2.99. The second kappa shape index (κ2) is 7.84. The summed E-state index contributed by atoms with van der Waals surface area (Å²) in [5.41, 5.74) is -1.20. The van der Waals surface area contributed by atoms with Crippen LogP contribution in [0.3, 0.4) is 0 Å². The summed E-state index contributed by atoms with van der Waals surface area (Å²) in [4.78, 5) is 26.3. The highest BCUT2D eigenvalue weighted by Crippen LogP contribution is 2.23. The Hall–Kier alpha value is -1.79. The maximum Gasteiger partial charge on any atom is 0.410 e. The van der Waals surface area contributed by atoms with Crippen LogP contribution >= 0.6 is 11.6 Å². The largest absolute Gasteiger partial charge is 0.444 e. The van der Waals surface area contributed by atoms with Crippen LogP contribution in [0.1, 0.15) is 46.1 Å². The van der Waals surface area contributed by atoms with Crippen molar-refractivity contribution in [1.82, 2.24) is 10.2 Å². The van der Waals surface area contributed by atoms with E-state index in [0.717, 1.165) is 6.42 Å². The highest BCUT2D eigenvalue weighted by molar-refractivity contribution is 6.30. The SMILES string of the molecule is CC(C)(C)OC(=O)N1CCCC1C(=O)NCC(C)(O)c1ccc(Cl)cc1. The molecule has 0 saturated carbocycles. The molecule has 0 spiro atoms. The summed E-state index contributed by atoms with van der Waals surface area (Å²) >= 11 is 5.87. The first kappa shape index (κ1) is 20.5. The Morgan fingerprint density at radius 1 is 1.27 bits per heavy atom. The van der Waals surface area contributed by atoms with Gasteiger partial charge in [-0.3, -0.25) is 9.69 Å². The first-order chi connectivity index (χ1) is 12.0. The van der Waals surface area contributed by atoms with E-state index in [2.05, 4.69) is 5.32 Å². The normalized spacial score (nSPS) is 19.8. The third-order valence-corrected chi connectivity index (χ3v) is 4.51. The predicted octanol–water partition coefficient (Wildman–Crippen LogP) is 3.06. The second-order valence-electron chi connectivity index (χ2n) is 7.83. The number of nitrogens with one attached hydrogen (secondary N) is 1. The van der Waals surface area contributed by atoms with Gasteiger partial charge in [0.1, 0.15) is 17.2 Å². The molecule has 1 aromatic carbocycles. The van der Waals surface area contributed by atoms with Gasteiger partial charge in [-0.2, -0.15) is 0 Å². The molecule has 0 aromatic heterocycles. The van der Waals surface area contributed by atoms with Crippen molar-refractivity contribution < 1.29 is 19.4 Å². The summed E-state index contributed by atoms with van der Waals surface area (Å²) in [5, 5.41) is 14.0. The summed E-state index contributed by atoms with van der Waals surface area (Å²) in [6, 6.07) is 6.24. The zero-order valence-electron chi connectivity index (χ0n) is 15.7. The van der Waals surface area contributed by atoms with Crippen molar-refractivity contribution in [3.05, 3.63) is 34.9 Å². The number of carbonyl (C=O) groups excluding carboxylic acids is 2. The van der Waals surface area contributed by atoms with Gasteiger partial charge in [-0.1, -0.05) is 23.7 Å². The number of aliphatic hydroxyl groups is 1. The molecule has 1 heterocycles. The molecular weight excluding hydrogens is 356 g/mol. The van der Waals surface area contributed by atoms with Gasteiger partial charge in [0.15, 0.2) is 0 Å². The van der Waals surface area contributed by atoms with E-state index >= 15 is 0 Å². The van der Waals surface area contributed by atoms with Crippen molar-refractivity contribution in [1.29, 1.82) is 0 Å². The fourth-order valence-electron chi connectivity index (χ4n) is 2.87. The van der Waals surface area contributed by atoms with Crippen LogP contribution in [0.15, 0.2) is 24.3 Å². The molecule has 6 nitrogen and oxygen atoms in total. The average Bonchev–Trinajstić information content (AvgIpc) is 3.01. The number of nitrogens with zero attached hydrogens (tertiary/aromatic N) is 1. The Balaban J connectivity index is 1.97. The highest BCUT2D eigenvalue weighted by Gasteiger charge is 2.37. The topological polar surface area (TPSA) is 78.9 Å². The molecule has 144 valence electrons. The summed E-state index contributed by atoms with van der Waals surface area (Å²) < 4.78 is 5.37. The molecule has 2 atom stereocenters. The maximum absolute atomic E-state index is 12.6. The van der Waals surface area contributed by atoms with Crippen molar-refractivity contribution in [2.75, 3.05) is 13.1 Å². The number of hydrogen-bond donors (Lipinski definition) is 2. The molecule has 2 N–H and O–H groups in total. The lowest BCUT2D eigenvalue weighted by Gasteiger charge is -2.29. The number of hydrogen-bond acceptors (Lipinski definition) is 4. The van der Waals surface area contributed by atoms with Gasteiger partial charge in [-0.05, 0) is 58.2 Å². The van der Waals surface area contributed by atoms with E-state index in [4.69, 9.17) is 16.3 Å². The smallest absolute Gasteiger partial charge is 0.410 e. The molecule has 0 aliphatic carbocycles. The van der Waals surface area contributed by atoms with Crippen LogP contribution in [-0.4, -0.2) is 46.7 Å². The van der Waals surface area contributed by atoms with E-state index in [9.17, 15) is 14.7 Å². The van der Waals surface area contributed by atoms with Crippen LogP contribution in [0.5, 0.6) is 0 Å². The molecule has 1 fully saturated rings. The number of likely N-dealkylation sites (tertiary alicyclic amines) is 1. The minimum Gasteiger partial charge on any atom is -0.444 e. The van der Waals surface area contributed by atoms with Gasteiger partial charge < -0.3 is 15.2 Å². The number of carbonyl (C=O) groups is 2. The van der Waals surface area contributed by atoms with E-state index in [1.807, 2.05) is 0 Å². The van der Waals surface area contributed by atoms with E-state index < -0.39 is 23.3 Å². The van der Waals surface area contributed by atoms with Crippen LogP contribution in [0.4, 0.5) is 4.79 Å². The van der Waals surface area contributed by atoms with E-state index in [1.165, 1.54) is 4.90 Å². The Morgan fingerprint density at radius 3 is 2.46 bits per heavy atom. The van der Waals surface area contributed by atoms with E-state index in [1.54, 1.807) is 52.0 Å². The Kier molecular flexibility index (Phi) is 6.19. The van der Waals surface area contributed by atoms with Crippen molar-refractivity contribution in [2.24, 2.45) is 0 Å². The van der Waals surface area contributed by atoms with Gasteiger partial charge in [-0.15, -0.1) is 0 Å². The second-order valence-corrected chi connectivity index (χ2v) is 8.27. The van der Waals surface area contributed by atoms with Crippen molar-refractivity contribution >= 4 is 23.6 Å². The quantitative estimate of drug-likeness (QED) is 0.838. The molecule has 2 unspecified atom stereocenters. The lowest BCUT2D eigenvalue weighted by molar-refractivity contribution is -0.126. The minimum absolute atomic E-state index is 0.0339. The summed E-state index contributed by atoms with van der Waals surface area (Å²) in [6.07, 6.45) is 0.832. The molecule has 26 heavy (non-hydrogen) atoms. The Morgan fingerprint density at radius 2 is 1.88 bits per heavy atom. The first-order valence-corrected chi connectivity index (χ1v) is 9.13. The molecular formula is C19H27ClN2O4. The molecule has 1 aliphatic heterocycles. The van der Waals surface area contributed by atoms with Crippen molar-refractivity contribution in [3.63, 3.8) is 0 Å². The van der Waals surface area contributed by atoms with Gasteiger partial charge in [0.25, 0.3) is 0 Å². The Bertz CT molecular complexity index is 652. The van der Waals surface area contributed by atoms with Gasteiger partial charge in [0, 0.05) is 11.6 Å². The summed E-state index contributed by atoms with van der Waals surface area (Å²) in [5.74, 6) is -0.289. The van der Waals surface area contributed by atoms with Crippen LogP contribution in [-0.2, 0) is 15.1 Å². The number of ether oxygens (including phenoxy) is 1. The highest BCUT2D eigenvalue weighted by atomic mass is 35.5. The third kappa shape index (κ3) is 5.35. The van der Waals surface area contributed by atoms with Crippen LogP contribution < -0.4 is 5.32 Å². The number of benzene rings is 1. The van der Waals surface area contributed by atoms with Crippen LogP contribution in [0, 0.1) is 0 Å². The van der Waals surface area contributed by atoms with E-state index in [0.29, 0.717) is 23.6 Å². The van der Waals surface area contributed by atoms with E-state index in [-0.39, 0.29) is 12.5 Å². The number of amides is 2. The molecule has 0 bridgehead atoms. The molecule has 1 saturated heterocycles. The number of halogens is 1. The first-order valence-electron chi connectivity index (χ1n) is 8.75. The van der Waals surface area contributed by atoms with Gasteiger partial charge in [-0.25, -0.2) is 4.79 Å². The standard InChI is InChI=1S/C19H27ClN2O4/c1-18(2,3)26-17(24)22-11-5-6-15(22)16(23)21-12-19(4,25)13-7-9-14(20)10-8-13/h7-10,15,25H,5-6,11-12H2,1-4H3,(H,21,23). The monoisotopic (exact) mass is 382 g/mol. The molecule has 2 amide bonds. The van der Waals surface area contributed by atoms with Gasteiger partial charge >= 0.3 is 6.09 Å². The zero-order chi connectivity index (χ0) is 19.5.